The van der Waals surface area contributed by atoms with Crippen LogP contribution in [0.1, 0.15) is 19.8 Å². The summed E-state index contributed by atoms with van der Waals surface area (Å²) < 4.78 is 18.8. The molecule has 1 fully saturated rings. The number of epoxide rings is 1. The third-order valence-electron chi connectivity index (χ3n) is 2.03. The number of ether oxygens (including phenoxy) is 4. The highest BCUT2D eigenvalue weighted by molar-refractivity contribution is 4.66. The Labute approximate surface area is 116 Å². The molecule has 0 spiro atoms. The first-order valence-corrected chi connectivity index (χ1v) is 6.53. The summed E-state index contributed by atoms with van der Waals surface area (Å²) in [6.07, 6.45) is 2.13. The van der Waals surface area contributed by atoms with Gasteiger partial charge < -0.3 is 29.2 Å². The first kappa shape index (κ1) is 21.1. The maximum absolute atomic E-state index is 8.48. The predicted molar refractivity (Wildman–Crippen MR) is 73.4 cm³/mol. The third kappa shape index (κ3) is 23.3. The summed E-state index contributed by atoms with van der Waals surface area (Å²) in [6, 6.07) is 0. The number of hydrogen-bond donors (Lipinski definition) is 2. The van der Waals surface area contributed by atoms with Crippen LogP contribution in [0, 0.1) is 0 Å². The van der Waals surface area contributed by atoms with E-state index < -0.39 is 6.10 Å². The van der Waals surface area contributed by atoms with Crippen LogP contribution < -0.4 is 0 Å². The van der Waals surface area contributed by atoms with Gasteiger partial charge in [-0.2, -0.15) is 0 Å². The molecule has 0 bridgehead atoms. The van der Waals surface area contributed by atoms with Crippen LogP contribution in [0.3, 0.4) is 0 Å². The largest absolute Gasteiger partial charge is 0.394 e. The molecule has 0 aromatic heterocycles. The fourth-order valence-electron chi connectivity index (χ4n) is 0.884. The van der Waals surface area contributed by atoms with Gasteiger partial charge in [0, 0.05) is 27.9 Å². The molecular weight excluding hydrogens is 252 g/mol. The Kier molecular flexibility index (Phi) is 19.7. The Morgan fingerprint density at radius 3 is 2.00 bits per heavy atom. The molecule has 0 aromatic rings. The van der Waals surface area contributed by atoms with E-state index in [0.29, 0.717) is 6.10 Å². The average Bonchev–Trinajstić information content (AvgIpc) is 3.22. The van der Waals surface area contributed by atoms with E-state index in [1.807, 2.05) is 0 Å². The summed E-state index contributed by atoms with van der Waals surface area (Å²) >= 11 is 0. The van der Waals surface area contributed by atoms with E-state index in [2.05, 4.69) is 11.7 Å². The molecule has 6 nitrogen and oxygen atoms in total. The van der Waals surface area contributed by atoms with Crippen LogP contribution >= 0.6 is 0 Å². The van der Waals surface area contributed by atoms with Crippen molar-refractivity contribution >= 4 is 0 Å². The quantitative estimate of drug-likeness (QED) is 0.497. The van der Waals surface area contributed by atoms with Crippen LogP contribution in [0.4, 0.5) is 0 Å². The molecule has 0 saturated carbocycles. The van der Waals surface area contributed by atoms with E-state index >= 15 is 0 Å². The molecule has 118 valence electrons. The molecule has 19 heavy (non-hydrogen) atoms. The zero-order valence-corrected chi connectivity index (χ0v) is 12.6. The van der Waals surface area contributed by atoms with Gasteiger partial charge in [-0.25, -0.2) is 0 Å². The minimum absolute atomic E-state index is 0.205. The van der Waals surface area contributed by atoms with Crippen molar-refractivity contribution < 1.29 is 29.2 Å². The van der Waals surface area contributed by atoms with Crippen molar-refractivity contribution in [1.82, 2.24) is 0 Å². The summed E-state index contributed by atoms with van der Waals surface area (Å²) in [4.78, 5) is 0. The Morgan fingerprint density at radius 1 is 1.21 bits per heavy atom. The zero-order chi connectivity index (χ0) is 14.9. The molecule has 1 rings (SSSR count). The number of rotatable bonds is 8. The lowest BCUT2D eigenvalue weighted by atomic mass is 10.4. The molecule has 6 heteroatoms. The van der Waals surface area contributed by atoms with Gasteiger partial charge in [0.2, 0.25) is 0 Å². The summed E-state index contributed by atoms with van der Waals surface area (Å²) in [5, 5.41) is 16.6. The SMILES string of the molecule is CCCCOC.COCC(O)CO.COCC1CO1. The second kappa shape index (κ2) is 17.8. The standard InChI is InChI=1S/C5H12O.C4H10O3.C4H8O2/c1-3-4-5-6-2;1-7-3-4(6)2-5;1-5-2-4-3-6-4/h3-5H2,1-2H3;4-6H,2-3H2,1H3;4H,2-3H2,1H3. The molecule has 2 N–H and O–H groups in total. The van der Waals surface area contributed by atoms with Crippen LogP contribution in [0.2, 0.25) is 0 Å². The molecule has 2 unspecified atom stereocenters. The second-order valence-electron chi connectivity index (χ2n) is 4.05. The van der Waals surface area contributed by atoms with Gasteiger partial charge in [0.05, 0.1) is 26.4 Å². The van der Waals surface area contributed by atoms with Crippen LogP contribution in [-0.4, -0.2) is 76.8 Å². The Hall–Kier alpha value is -0.240. The van der Waals surface area contributed by atoms with Crippen molar-refractivity contribution in [2.45, 2.75) is 32.0 Å². The molecule has 1 heterocycles. The van der Waals surface area contributed by atoms with Crippen molar-refractivity contribution in [3.05, 3.63) is 0 Å². The number of unbranched alkanes of at least 4 members (excludes halogenated alkanes) is 1. The smallest absolute Gasteiger partial charge is 0.104 e. The van der Waals surface area contributed by atoms with Gasteiger partial charge in [-0.1, -0.05) is 13.3 Å². The van der Waals surface area contributed by atoms with Crippen LogP contribution in [0.5, 0.6) is 0 Å². The number of aliphatic hydroxyl groups is 2. The van der Waals surface area contributed by atoms with Gasteiger partial charge in [0.15, 0.2) is 0 Å². The first-order chi connectivity index (χ1) is 9.15. The lowest BCUT2D eigenvalue weighted by Gasteiger charge is -2.01. The van der Waals surface area contributed by atoms with Gasteiger partial charge in [-0.05, 0) is 6.42 Å². The highest BCUT2D eigenvalue weighted by Crippen LogP contribution is 2.06. The van der Waals surface area contributed by atoms with Crippen LogP contribution in [0.25, 0.3) is 0 Å². The van der Waals surface area contributed by atoms with E-state index in [4.69, 9.17) is 24.4 Å². The zero-order valence-electron chi connectivity index (χ0n) is 12.6. The Bertz CT molecular complexity index is 148. The molecule has 0 radical (unpaired) electrons. The molecule has 0 aliphatic carbocycles. The molecule has 1 saturated heterocycles. The van der Waals surface area contributed by atoms with Crippen molar-refractivity contribution in [2.24, 2.45) is 0 Å². The molecule has 1 aliphatic rings. The maximum Gasteiger partial charge on any atom is 0.104 e. The van der Waals surface area contributed by atoms with Crippen molar-refractivity contribution in [2.75, 3.05) is 54.4 Å². The fourth-order valence-corrected chi connectivity index (χ4v) is 0.884. The third-order valence-corrected chi connectivity index (χ3v) is 2.03. The van der Waals surface area contributed by atoms with E-state index in [-0.39, 0.29) is 13.2 Å². The summed E-state index contributed by atoms with van der Waals surface area (Å²) in [5.41, 5.74) is 0. The van der Waals surface area contributed by atoms with E-state index in [0.717, 1.165) is 19.8 Å². The second-order valence-corrected chi connectivity index (χ2v) is 4.05. The lowest BCUT2D eigenvalue weighted by molar-refractivity contribution is 0.0254. The summed E-state index contributed by atoms with van der Waals surface area (Å²) in [5.74, 6) is 0. The highest BCUT2D eigenvalue weighted by atomic mass is 16.6. The van der Waals surface area contributed by atoms with Gasteiger partial charge in [0.1, 0.15) is 12.2 Å². The summed E-state index contributed by atoms with van der Waals surface area (Å²) in [7, 11) is 4.89. The minimum atomic E-state index is -0.718. The normalized spacial score (nSPS) is 17.7. The number of aliphatic hydroxyl groups excluding tert-OH is 2. The van der Waals surface area contributed by atoms with Gasteiger partial charge >= 0.3 is 0 Å². The Morgan fingerprint density at radius 2 is 1.84 bits per heavy atom. The van der Waals surface area contributed by atoms with Gasteiger partial charge in [0.25, 0.3) is 0 Å². The van der Waals surface area contributed by atoms with E-state index in [9.17, 15) is 0 Å². The molecule has 1 aliphatic heterocycles. The topological polar surface area (TPSA) is 80.7 Å². The Balaban J connectivity index is 0. The highest BCUT2D eigenvalue weighted by Gasteiger charge is 2.21. The van der Waals surface area contributed by atoms with E-state index in [1.165, 1.54) is 20.0 Å². The van der Waals surface area contributed by atoms with Gasteiger partial charge in [-0.15, -0.1) is 0 Å². The van der Waals surface area contributed by atoms with Gasteiger partial charge in [-0.3, -0.25) is 0 Å². The molecule has 2 atom stereocenters. The first-order valence-electron chi connectivity index (χ1n) is 6.53. The molecule has 0 aromatic carbocycles. The van der Waals surface area contributed by atoms with Crippen LogP contribution in [0.15, 0.2) is 0 Å². The van der Waals surface area contributed by atoms with Crippen LogP contribution in [-0.2, 0) is 18.9 Å². The molecule has 0 amide bonds. The molecular formula is C13H30O6. The lowest BCUT2D eigenvalue weighted by Crippen LogP contribution is -2.17. The van der Waals surface area contributed by atoms with Crippen molar-refractivity contribution in [1.29, 1.82) is 0 Å². The maximum atomic E-state index is 8.48. The number of hydrogen-bond acceptors (Lipinski definition) is 6. The monoisotopic (exact) mass is 282 g/mol. The average molecular weight is 282 g/mol. The van der Waals surface area contributed by atoms with E-state index in [1.54, 1.807) is 14.2 Å². The fraction of sp³-hybridized carbons (Fsp3) is 1.00. The number of methoxy groups -OCH3 is 3. The summed E-state index contributed by atoms with van der Waals surface area (Å²) in [6.45, 7) is 4.70. The predicted octanol–water partition coefficient (Wildman–Crippen LogP) is 0.451. The van der Waals surface area contributed by atoms with Crippen molar-refractivity contribution in [3.8, 4) is 0 Å². The van der Waals surface area contributed by atoms with Crippen molar-refractivity contribution in [3.63, 3.8) is 0 Å². The minimum Gasteiger partial charge on any atom is -0.394 e.